The minimum absolute atomic E-state index is 0.0513. The van der Waals surface area contributed by atoms with Gasteiger partial charge in [-0.05, 0) is 18.8 Å². The maximum Gasteiger partial charge on any atom is 0.180 e. The molecule has 2 heterocycles. The first-order valence-electron chi connectivity index (χ1n) is 7.10. The molecule has 18 heavy (non-hydrogen) atoms. The Bertz CT molecular complexity index is 388. The van der Waals surface area contributed by atoms with Gasteiger partial charge in [0.2, 0.25) is 0 Å². The second-order valence-corrected chi connectivity index (χ2v) is 5.41. The van der Waals surface area contributed by atoms with Crippen molar-refractivity contribution in [3.63, 3.8) is 0 Å². The van der Waals surface area contributed by atoms with E-state index in [1.54, 1.807) is 0 Å². The van der Waals surface area contributed by atoms with Gasteiger partial charge in [-0.15, -0.1) is 0 Å². The standard InChI is InChI=1S/C13H22N4O/c1-2-12-14-13(16-15-12)11-9-17(6-7-18-11)8-10-4-3-5-10/h10-11H,2-9H2,1H3,(H,14,15,16). The molecular formula is C13H22N4O. The Morgan fingerprint density at radius 2 is 2.33 bits per heavy atom. The normalized spacial score (nSPS) is 26.2. The second kappa shape index (κ2) is 5.36. The predicted molar refractivity (Wildman–Crippen MR) is 68.2 cm³/mol. The van der Waals surface area contributed by atoms with Crippen LogP contribution in [0, 0.1) is 5.92 Å². The molecule has 1 aliphatic carbocycles. The molecule has 1 aromatic heterocycles. The summed E-state index contributed by atoms with van der Waals surface area (Å²) in [5.74, 6) is 2.69. The molecule has 5 heteroatoms. The summed E-state index contributed by atoms with van der Waals surface area (Å²) in [5, 5.41) is 7.24. The number of morpholine rings is 1. The number of H-pyrrole nitrogens is 1. The van der Waals surface area contributed by atoms with Crippen molar-refractivity contribution in [1.29, 1.82) is 0 Å². The Morgan fingerprint density at radius 1 is 1.44 bits per heavy atom. The Kier molecular flexibility index (Phi) is 3.61. The lowest BCUT2D eigenvalue weighted by molar-refractivity contribution is -0.0419. The second-order valence-electron chi connectivity index (χ2n) is 5.41. The summed E-state index contributed by atoms with van der Waals surface area (Å²) in [6.07, 6.45) is 5.17. The molecule has 1 aromatic rings. The average molecular weight is 250 g/mol. The van der Waals surface area contributed by atoms with Crippen LogP contribution in [0.2, 0.25) is 0 Å². The molecular weight excluding hydrogens is 228 g/mol. The van der Waals surface area contributed by atoms with Crippen LogP contribution in [-0.2, 0) is 11.2 Å². The van der Waals surface area contributed by atoms with Crippen molar-refractivity contribution in [2.75, 3.05) is 26.2 Å². The SMILES string of the molecule is CCc1nc(C2CN(CC3CCC3)CCO2)n[nH]1. The van der Waals surface area contributed by atoms with Crippen molar-refractivity contribution < 1.29 is 4.74 Å². The van der Waals surface area contributed by atoms with Gasteiger partial charge in [-0.2, -0.15) is 5.10 Å². The van der Waals surface area contributed by atoms with E-state index in [-0.39, 0.29) is 6.10 Å². The van der Waals surface area contributed by atoms with Crippen molar-refractivity contribution in [2.45, 2.75) is 38.7 Å². The Hall–Kier alpha value is -0.940. The zero-order valence-corrected chi connectivity index (χ0v) is 11.1. The largest absolute Gasteiger partial charge is 0.367 e. The fourth-order valence-electron chi connectivity index (χ4n) is 2.68. The van der Waals surface area contributed by atoms with E-state index in [0.717, 1.165) is 43.7 Å². The van der Waals surface area contributed by atoms with Crippen LogP contribution in [0.1, 0.15) is 43.9 Å². The third-order valence-electron chi connectivity index (χ3n) is 4.06. The number of ether oxygens (including phenoxy) is 1. The maximum absolute atomic E-state index is 5.80. The summed E-state index contributed by atoms with van der Waals surface area (Å²) >= 11 is 0. The summed E-state index contributed by atoms with van der Waals surface area (Å²) in [6, 6.07) is 0. The Balaban J connectivity index is 1.58. The van der Waals surface area contributed by atoms with Gasteiger partial charge >= 0.3 is 0 Å². The number of nitrogens with one attached hydrogen (secondary N) is 1. The molecule has 0 aromatic carbocycles. The van der Waals surface area contributed by atoms with Crippen molar-refractivity contribution >= 4 is 0 Å². The van der Waals surface area contributed by atoms with Crippen molar-refractivity contribution in [3.8, 4) is 0 Å². The molecule has 0 spiro atoms. The van der Waals surface area contributed by atoms with Gasteiger partial charge in [-0.3, -0.25) is 10.00 Å². The lowest BCUT2D eigenvalue weighted by atomic mass is 9.85. The summed E-state index contributed by atoms with van der Waals surface area (Å²) in [6.45, 7) is 6.10. The fraction of sp³-hybridized carbons (Fsp3) is 0.846. The molecule has 1 N–H and O–H groups in total. The van der Waals surface area contributed by atoms with E-state index < -0.39 is 0 Å². The number of rotatable bonds is 4. The Labute approximate surface area is 108 Å². The van der Waals surface area contributed by atoms with E-state index in [4.69, 9.17) is 4.74 Å². The maximum atomic E-state index is 5.80. The molecule has 1 aliphatic heterocycles. The first-order chi connectivity index (χ1) is 8.85. The highest BCUT2D eigenvalue weighted by Gasteiger charge is 2.28. The third-order valence-corrected chi connectivity index (χ3v) is 4.06. The number of aromatic amines is 1. The van der Waals surface area contributed by atoms with Gasteiger partial charge in [0.15, 0.2) is 5.82 Å². The molecule has 0 amide bonds. The quantitative estimate of drug-likeness (QED) is 0.880. The van der Waals surface area contributed by atoms with Gasteiger partial charge in [0.05, 0.1) is 6.61 Å². The summed E-state index contributed by atoms with van der Waals surface area (Å²) in [7, 11) is 0. The molecule has 1 unspecified atom stereocenters. The minimum atomic E-state index is 0.0513. The van der Waals surface area contributed by atoms with Gasteiger partial charge in [0.1, 0.15) is 11.9 Å². The molecule has 1 saturated heterocycles. The highest BCUT2D eigenvalue weighted by Crippen LogP contribution is 2.29. The minimum Gasteiger partial charge on any atom is -0.367 e. The van der Waals surface area contributed by atoms with Crippen LogP contribution in [0.4, 0.5) is 0 Å². The van der Waals surface area contributed by atoms with Crippen LogP contribution in [0.15, 0.2) is 0 Å². The van der Waals surface area contributed by atoms with Crippen molar-refractivity contribution in [2.24, 2.45) is 5.92 Å². The molecule has 3 rings (SSSR count). The van der Waals surface area contributed by atoms with E-state index in [1.165, 1.54) is 25.8 Å². The molecule has 0 bridgehead atoms. The highest BCUT2D eigenvalue weighted by molar-refractivity contribution is 4.96. The molecule has 2 aliphatic rings. The van der Waals surface area contributed by atoms with Crippen LogP contribution < -0.4 is 0 Å². The molecule has 2 fully saturated rings. The van der Waals surface area contributed by atoms with Crippen LogP contribution in [-0.4, -0.2) is 46.3 Å². The average Bonchev–Trinajstić information content (AvgIpc) is 2.83. The molecule has 0 radical (unpaired) electrons. The van der Waals surface area contributed by atoms with Gasteiger partial charge < -0.3 is 4.74 Å². The molecule has 1 saturated carbocycles. The van der Waals surface area contributed by atoms with E-state index in [0.29, 0.717) is 0 Å². The Morgan fingerprint density at radius 3 is 3.00 bits per heavy atom. The summed E-state index contributed by atoms with van der Waals surface area (Å²) in [5.41, 5.74) is 0. The van der Waals surface area contributed by atoms with Crippen LogP contribution >= 0.6 is 0 Å². The third kappa shape index (κ3) is 2.57. The topological polar surface area (TPSA) is 54.0 Å². The van der Waals surface area contributed by atoms with E-state index in [2.05, 4.69) is 27.0 Å². The molecule has 100 valence electrons. The van der Waals surface area contributed by atoms with Crippen molar-refractivity contribution in [1.82, 2.24) is 20.1 Å². The predicted octanol–water partition coefficient (Wildman–Crippen LogP) is 1.54. The smallest absolute Gasteiger partial charge is 0.180 e. The molecule has 1 atom stereocenters. The van der Waals surface area contributed by atoms with Gasteiger partial charge in [-0.1, -0.05) is 13.3 Å². The zero-order chi connectivity index (χ0) is 12.4. The zero-order valence-electron chi connectivity index (χ0n) is 11.1. The summed E-state index contributed by atoms with van der Waals surface area (Å²) < 4.78 is 5.80. The fourth-order valence-corrected chi connectivity index (χ4v) is 2.68. The molecule has 5 nitrogen and oxygen atoms in total. The van der Waals surface area contributed by atoms with E-state index in [1.807, 2.05) is 0 Å². The van der Waals surface area contributed by atoms with E-state index >= 15 is 0 Å². The van der Waals surface area contributed by atoms with Crippen LogP contribution in [0.3, 0.4) is 0 Å². The van der Waals surface area contributed by atoms with Gasteiger partial charge in [-0.25, -0.2) is 4.98 Å². The van der Waals surface area contributed by atoms with Gasteiger partial charge in [0.25, 0.3) is 0 Å². The lowest BCUT2D eigenvalue weighted by Crippen LogP contribution is -2.42. The van der Waals surface area contributed by atoms with Crippen molar-refractivity contribution in [3.05, 3.63) is 11.6 Å². The monoisotopic (exact) mass is 250 g/mol. The first-order valence-corrected chi connectivity index (χ1v) is 7.10. The first kappa shape index (κ1) is 12.1. The van der Waals surface area contributed by atoms with Gasteiger partial charge in [0, 0.05) is 26.1 Å². The van der Waals surface area contributed by atoms with Crippen LogP contribution in [0.5, 0.6) is 0 Å². The number of nitrogens with zero attached hydrogens (tertiary/aromatic N) is 3. The number of hydrogen-bond donors (Lipinski definition) is 1. The lowest BCUT2D eigenvalue weighted by Gasteiger charge is -2.36. The summed E-state index contributed by atoms with van der Waals surface area (Å²) in [4.78, 5) is 7.00. The number of aryl methyl sites for hydroxylation is 1. The van der Waals surface area contributed by atoms with Crippen LogP contribution in [0.25, 0.3) is 0 Å². The highest BCUT2D eigenvalue weighted by atomic mass is 16.5. The number of hydrogen-bond acceptors (Lipinski definition) is 4. The van der Waals surface area contributed by atoms with E-state index in [9.17, 15) is 0 Å². The number of aromatic nitrogens is 3.